The molecule has 1 fully saturated rings. The molecular formula is C46H86O12S. The molecule has 0 bridgehead atoms. The van der Waals surface area contributed by atoms with Crippen LogP contribution >= 0.6 is 0 Å². The Balaban J connectivity index is 2.40. The Labute approximate surface area is 358 Å². The summed E-state index contributed by atoms with van der Waals surface area (Å²) in [6, 6.07) is 0. The van der Waals surface area contributed by atoms with E-state index in [9.17, 15) is 37.9 Å². The van der Waals surface area contributed by atoms with E-state index in [0.717, 1.165) is 38.5 Å². The summed E-state index contributed by atoms with van der Waals surface area (Å²) in [7, 11) is -4.60. The van der Waals surface area contributed by atoms with Crippen molar-refractivity contribution in [2.24, 2.45) is 0 Å². The summed E-state index contributed by atoms with van der Waals surface area (Å²) in [5.74, 6) is -1.97. The number of ether oxygens (including phenoxy) is 4. The Morgan fingerprint density at radius 2 is 0.966 bits per heavy atom. The van der Waals surface area contributed by atoms with Crippen molar-refractivity contribution in [3.8, 4) is 0 Å². The van der Waals surface area contributed by atoms with E-state index in [1.54, 1.807) is 0 Å². The van der Waals surface area contributed by atoms with Gasteiger partial charge in [0.2, 0.25) is 0 Å². The summed E-state index contributed by atoms with van der Waals surface area (Å²) in [4.78, 5) is 25.4. The second-order valence-corrected chi connectivity index (χ2v) is 18.3. The van der Waals surface area contributed by atoms with Gasteiger partial charge in [0, 0.05) is 12.8 Å². The van der Waals surface area contributed by atoms with Gasteiger partial charge in [-0.25, -0.2) is 0 Å². The lowest BCUT2D eigenvalue weighted by molar-refractivity contribution is -0.297. The van der Waals surface area contributed by atoms with Crippen LogP contribution in [0.5, 0.6) is 0 Å². The highest BCUT2D eigenvalue weighted by atomic mass is 32.2. The molecule has 0 aromatic carbocycles. The number of hydrogen-bond donors (Lipinski definition) is 4. The Kier molecular flexibility index (Phi) is 34.7. The van der Waals surface area contributed by atoms with Crippen LogP contribution < -0.4 is 0 Å². The predicted octanol–water partition coefficient (Wildman–Crippen LogP) is 9.84. The minimum Gasteiger partial charge on any atom is -0.462 e. The molecule has 12 nitrogen and oxygen atoms in total. The Bertz CT molecular complexity index is 1150. The molecule has 6 atom stereocenters. The van der Waals surface area contributed by atoms with Gasteiger partial charge in [0.25, 0.3) is 10.1 Å². The molecule has 0 aliphatic carbocycles. The molecule has 0 spiro atoms. The minimum atomic E-state index is -4.60. The molecule has 1 saturated heterocycles. The van der Waals surface area contributed by atoms with Crippen molar-refractivity contribution < 1.29 is 56.8 Å². The van der Waals surface area contributed by atoms with E-state index in [1.807, 2.05) is 0 Å². The zero-order chi connectivity index (χ0) is 43.4. The summed E-state index contributed by atoms with van der Waals surface area (Å²) in [6.07, 6.45) is 29.7. The van der Waals surface area contributed by atoms with Gasteiger partial charge in [0.1, 0.15) is 36.8 Å². The lowest BCUT2D eigenvalue weighted by Crippen LogP contribution is -2.60. The van der Waals surface area contributed by atoms with Gasteiger partial charge in [-0.15, -0.1) is 0 Å². The van der Waals surface area contributed by atoms with Crippen LogP contribution in [0.2, 0.25) is 0 Å². The number of rotatable bonds is 40. The number of carbonyl (C=O) groups is 2. The van der Waals surface area contributed by atoms with Crippen LogP contribution in [0.4, 0.5) is 0 Å². The highest BCUT2D eigenvalue weighted by Gasteiger charge is 2.46. The molecule has 0 aromatic heterocycles. The normalized spacial score (nSPS) is 20.3. The molecular weight excluding hydrogens is 777 g/mol. The van der Waals surface area contributed by atoms with Crippen LogP contribution in [-0.4, -0.2) is 96.0 Å². The third kappa shape index (κ3) is 31.8. The molecule has 13 heteroatoms. The molecule has 1 aliphatic heterocycles. The van der Waals surface area contributed by atoms with Crippen molar-refractivity contribution in [3.05, 3.63) is 12.2 Å². The fourth-order valence-corrected chi connectivity index (χ4v) is 8.07. The second-order valence-electron chi connectivity index (χ2n) is 16.8. The average molecular weight is 863 g/mol. The zero-order valence-electron chi connectivity index (χ0n) is 37.1. The number of carbonyl (C=O) groups excluding carboxylic acids is 2. The van der Waals surface area contributed by atoms with E-state index in [1.165, 1.54) is 135 Å². The molecule has 4 N–H and O–H groups in total. The lowest BCUT2D eigenvalue weighted by Gasteiger charge is -2.40. The Hall–Kier alpha value is -1.61. The Morgan fingerprint density at radius 3 is 1.41 bits per heavy atom. The average Bonchev–Trinajstić information content (AvgIpc) is 3.20. The molecule has 0 radical (unpaired) electrons. The van der Waals surface area contributed by atoms with Crippen LogP contribution in [0, 0.1) is 0 Å². The van der Waals surface area contributed by atoms with Gasteiger partial charge in [-0.2, -0.15) is 8.42 Å². The van der Waals surface area contributed by atoms with Gasteiger partial charge in [-0.3, -0.25) is 14.1 Å². The molecule has 0 saturated carbocycles. The van der Waals surface area contributed by atoms with Gasteiger partial charge in [-0.05, 0) is 38.5 Å². The van der Waals surface area contributed by atoms with E-state index in [2.05, 4.69) is 26.0 Å². The maximum Gasteiger partial charge on any atom is 0.306 e. The zero-order valence-corrected chi connectivity index (χ0v) is 37.9. The molecule has 1 rings (SSSR count). The first-order valence-electron chi connectivity index (χ1n) is 23.7. The maximum absolute atomic E-state index is 12.8. The van der Waals surface area contributed by atoms with Crippen LogP contribution in [0.15, 0.2) is 12.2 Å². The van der Waals surface area contributed by atoms with E-state index in [0.29, 0.717) is 12.8 Å². The lowest BCUT2D eigenvalue weighted by atomic mass is 10.00. The van der Waals surface area contributed by atoms with Crippen molar-refractivity contribution in [1.82, 2.24) is 0 Å². The summed E-state index contributed by atoms with van der Waals surface area (Å²) >= 11 is 0. The molecule has 1 aliphatic rings. The highest BCUT2D eigenvalue weighted by Crippen LogP contribution is 2.24. The summed E-state index contributed by atoms with van der Waals surface area (Å²) in [5.41, 5.74) is 0. The number of hydrogen-bond acceptors (Lipinski definition) is 11. The quantitative estimate of drug-likeness (QED) is 0.0198. The van der Waals surface area contributed by atoms with Crippen molar-refractivity contribution >= 4 is 22.1 Å². The second kappa shape index (κ2) is 37.0. The molecule has 348 valence electrons. The molecule has 59 heavy (non-hydrogen) atoms. The van der Waals surface area contributed by atoms with E-state index < -0.39 is 71.2 Å². The van der Waals surface area contributed by atoms with Crippen LogP contribution in [0.1, 0.15) is 213 Å². The summed E-state index contributed by atoms with van der Waals surface area (Å²) in [6.45, 7) is 3.77. The largest absolute Gasteiger partial charge is 0.462 e. The van der Waals surface area contributed by atoms with E-state index >= 15 is 0 Å². The van der Waals surface area contributed by atoms with E-state index in [-0.39, 0.29) is 19.4 Å². The fraction of sp³-hybridized carbons (Fsp3) is 0.913. The molecule has 0 amide bonds. The molecule has 2 unspecified atom stereocenters. The van der Waals surface area contributed by atoms with Gasteiger partial charge in [0.15, 0.2) is 12.4 Å². The third-order valence-electron chi connectivity index (χ3n) is 11.1. The number of aliphatic hydroxyl groups is 3. The van der Waals surface area contributed by atoms with Gasteiger partial charge in [-0.1, -0.05) is 174 Å². The third-order valence-corrected chi connectivity index (χ3v) is 11.8. The summed E-state index contributed by atoms with van der Waals surface area (Å²) in [5, 5.41) is 30.9. The molecule has 0 aromatic rings. The SMILES string of the molecule is CCCCCCCC/C=C/CCCCCCCCCCCC(=O)O[C@H](COC(=O)CCCCCCCCCCCCCC)CO[C@H]1O[C@H](CS(=O)(=O)O)[C@@H](O)C(O)C1O. The highest BCUT2D eigenvalue weighted by molar-refractivity contribution is 7.85. The number of unbranched alkanes of at least 4 members (excludes halogenated alkanes) is 26. The summed E-state index contributed by atoms with van der Waals surface area (Å²) < 4.78 is 54.1. The monoisotopic (exact) mass is 863 g/mol. The van der Waals surface area contributed by atoms with Crippen LogP contribution in [0.3, 0.4) is 0 Å². The van der Waals surface area contributed by atoms with Gasteiger partial charge in [0.05, 0.1) is 6.61 Å². The van der Waals surface area contributed by atoms with Gasteiger partial charge >= 0.3 is 11.9 Å². The number of allylic oxidation sites excluding steroid dienone is 2. The number of esters is 2. The van der Waals surface area contributed by atoms with Crippen molar-refractivity contribution in [3.63, 3.8) is 0 Å². The first-order chi connectivity index (χ1) is 28.5. The molecule has 1 heterocycles. The first-order valence-corrected chi connectivity index (χ1v) is 25.4. The predicted molar refractivity (Wildman–Crippen MR) is 234 cm³/mol. The van der Waals surface area contributed by atoms with Crippen molar-refractivity contribution in [2.45, 2.75) is 250 Å². The maximum atomic E-state index is 12.8. The van der Waals surface area contributed by atoms with Crippen LogP contribution in [-0.2, 0) is 38.7 Å². The van der Waals surface area contributed by atoms with E-state index in [4.69, 9.17) is 18.9 Å². The minimum absolute atomic E-state index is 0.166. The number of aliphatic hydroxyl groups excluding tert-OH is 3. The standard InChI is InChI=1S/C46H86O12S/c1-3-5-7-9-11-13-15-17-18-19-20-21-22-23-25-27-29-31-33-35-42(48)57-39(37-56-46-45(51)44(50)43(49)40(58-46)38-59(52,53)54)36-55-41(47)34-32-30-28-26-24-16-14-12-10-8-6-4-2/h17-18,39-40,43-46,49-51H,3-16,19-38H2,1-2H3,(H,52,53,54)/b18-17+/t39-,40-,43-,44?,45?,46+/m1/s1. The Morgan fingerprint density at radius 1 is 0.559 bits per heavy atom. The van der Waals surface area contributed by atoms with Crippen LogP contribution in [0.25, 0.3) is 0 Å². The topological polar surface area (TPSA) is 186 Å². The van der Waals surface area contributed by atoms with Gasteiger partial charge < -0.3 is 34.3 Å². The fourth-order valence-electron chi connectivity index (χ4n) is 7.38. The smallest absolute Gasteiger partial charge is 0.306 e. The first kappa shape index (κ1) is 55.4. The van der Waals surface area contributed by atoms with Crippen molar-refractivity contribution in [2.75, 3.05) is 19.0 Å². The van der Waals surface area contributed by atoms with Crippen molar-refractivity contribution in [1.29, 1.82) is 0 Å².